The van der Waals surface area contributed by atoms with Gasteiger partial charge in [0.05, 0.1) is 24.7 Å². The third-order valence-electron chi connectivity index (χ3n) is 4.47. The number of aromatic nitrogens is 2. The van der Waals surface area contributed by atoms with Crippen LogP contribution in [0, 0.1) is 0 Å². The van der Waals surface area contributed by atoms with Gasteiger partial charge in [-0.15, -0.1) is 0 Å². The summed E-state index contributed by atoms with van der Waals surface area (Å²) in [6.07, 6.45) is 4.37. The molecule has 0 bridgehead atoms. The standard InChI is InChI=1S/C15H23N5O2/c1-16-14(21)8-13-10-18(9-12-4-5-17-20(12)13)11-15(22)19-6-2-3-7-19/h4-5,13H,2-3,6-11H2,1H3,(H,16,21)/t13-/m1/s1. The van der Waals surface area contributed by atoms with E-state index in [2.05, 4.69) is 15.3 Å². The van der Waals surface area contributed by atoms with Gasteiger partial charge in [-0.2, -0.15) is 5.10 Å². The number of likely N-dealkylation sites (tertiary alicyclic amines) is 1. The largest absolute Gasteiger partial charge is 0.359 e. The van der Waals surface area contributed by atoms with E-state index in [1.807, 2.05) is 15.6 Å². The van der Waals surface area contributed by atoms with Crippen LogP contribution in [0.2, 0.25) is 0 Å². The summed E-state index contributed by atoms with van der Waals surface area (Å²) in [7, 11) is 1.64. The van der Waals surface area contributed by atoms with Gasteiger partial charge in [0.1, 0.15) is 0 Å². The molecule has 22 heavy (non-hydrogen) atoms. The van der Waals surface area contributed by atoms with Crippen LogP contribution in [-0.2, 0) is 16.1 Å². The maximum Gasteiger partial charge on any atom is 0.236 e. The lowest BCUT2D eigenvalue weighted by molar-refractivity contribution is -0.131. The highest BCUT2D eigenvalue weighted by atomic mass is 16.2. The Labute approximate surface area is 130 Å². The highest BCUT2D eigenvalue weighted by Gasteiger charge is 2.29. The molecule has 0 aromatic carbocycles. The summed E-state index contributed by atoms with van der Waals surface area (Å²) in [6, 6.07) is 1.95. The maximum absolute atomic E-state index is 12.3. The molecule has 1 aromatic heterocycles. The molecule has 1 aromatic rings. The molecule has 2 amide bonds. The molecule has 7 nitrogen and oxygen atoms in total. The fraction of sp³-hybridized carbons (Fsp3) is 0.667. The molecule has 1 N–H and O–H groups in total. The summed E-state index contributed by atoms with van der Waals surface area (Å²) in [5.41, 5.74) is 1.06. The topological polar surface area (TPSA) is 70.5 Å². The zero-order valence-corrected chi connectivity index (χ0v) is 13.0. The first kappa shape index (κ1) is 15.0. The van der Waals surface area contributed by atoms with Crippen molar-refractivity contribution in [2.75, 3.05) is 33.2 Å². The first-order valence-electron chi connectivity index (χ1n) is 7.90. The second-order valence-corrected chi connectivity index (χ2v) is 6.06. The number of carbonyl (C=O) groups is 2. The van der Waals surface area contributed by atoms with E-state index in [0.717, 1.165) is 31.6 Å². The summed E-state index contributed by atoms with van der Waals surface area (Å²) >= 11 is 0. The minimum absolute atomic E-state index is 0.000769. The van der Waals surface area contributed by atoms with Gasteiger partial charge in [0.15, 0.2) is 0 Å². The highest BCUT2D eigenvalue weighted by Crippen LogP contribution is 2.23. The molecule has 3 rings (SSSR count). The minimum Gasteiger partial charge on any atom is -0.359 e. The van der Waals surface area contributed by atoms with Crippen LogP contribution in [0.4, 0.5) is 0 Å². The van der Waals surface area contributed by atoms with Crippen molar-refractivity contribution in [3.8, 4) is 0 Å². The highest BCUT2D eigenvalue weighted by molar-refractivity contribution is 5.78. The minimum atomic E-state index is -0.00919. The number of hydrogen-bond donors (Lipinski definition) is 1. The van der Waals surface area contributed by atoms with Crippen molar-refractivity contribution in [2.24, 2.45) is 0 Å². The average Bonchev–Trinajstić information content (AvgIpc) is 3.18. The molecule has 1 atom stereocenters. The Morgan fingerprint density at radius 1 is 1.36 bits per heavy atom. The van der Waals surface area contributed by atoms with Gasteiger partial charge in [-0.3, -0.25) is 19.2 Å². The SMILES string of the molecule is CNC(=O)C[C@@H]1CN(CC(=O)N2CCCC2)Cc2ccnn21. The second kappa shape index (κ2) is 6.48. The lowest BCUT2D eigenvalue weighted by atomic mass is 10.1. The fourth-order valence-corrected chi connectivity index (χ4v) is 3.31. The second-order valence-electron chi connectivity index (χ2n) is 6.06. The van der Waals surface area contributed by atoms with Crippen LogP contribution in [0.5, 0.6) is 0 Å². The molecule has 2 aliphatic heterocycles. The van der Waals surface area contributed by atoms with Gasteiger partial charge in [-0.25, -0.2) is 0 Å². The lowest BCUT2D eigenvalue weighted by Crippen LogP contribution is -2.45. The first-order chi connectivity index (χ1) is 10.7. The molecule has 0 spiro atoms. The van der Waals surface area contributed by atoms with Crippen molar-refractivity contribution in [1.29, 1.82) is 0 Å². The van der Waals surface area contributed by atoms with E-state index in [4.69, 9.17) is 0 Å². The van der Waals surface area contributed by atoms with Crippen LogP contribution < -0.4 is 5.32 Å². The number of amides is 2. The molecule has 7 heteroatoms. The van der Waals surface area contributed by atoms with Crippen LogP contribution in [0.25, 0.3) is 0 Å². The van der Waals surface area contributed by atoms with Crippen LogP contribution in [-0.4, -0.2) is 64.6 Å². The lowest BCUT2D eigenvalue weighted by Gasteiger charge is -2.34. The van der Waals surface area contributed by atoms with Crippen LogP contribution in [0.3, 0.4) is 0 Å². The third-order valence-corrected chi connectivity index (χ3v) is 4.47. The van der Waals surface area contributed by atoms with Crippen molar-refractivity contribution >= 4 is 11.8 Å². The number of rotatable bonds is 4. The normalized spacial score (nSPS) is 21.7. The van der Waals surface area contributed by atoms with Gasteiger partial charge >= 0.3 is 0 Å². The zero-order chi connectivity index (χ0) is 15.5. The quantitative estimate of drug-likeness (QED) is 0.850. The van der Waals surface area contributed by atoms with E-state index in [0.29, 0.717) is 26.1 Å². The van der Waals surface area contributed by atoms with E-state index < -0.39 is 0 Å². The Morgan fingerprint density at radius 3 is 2.86 bits per heavy atom. The Bertz CT molecular complexity index is 550. The predicted octanol–water partition coefficient (Wildman–Crippen LogP) is -0.00170. The zero-order valence-electron chi connectivity index (χ0n) is 13.0. The number of nitrogens with one attached hydrogen (secondary N) is 1. The summed E-state index contributed by atoms with van der Waals surface area (Å²) in [4.78, 5) is 28.1. The molecule has 0 aliphatic carbocycles. The molecule has 120 valence electrons. The Hall–Kier alpha value is -1.89. The van der Waals surface area contributed by atoms with Crippen LogP contribution in [0.1, 0.15) is 31.0 Å². The van der Waals surface area contributed by atoms with Gasteiger partial charge in [0.2, 0.25) is 11.8 Å². The Kier molecular flexibility index (Phi) is 4.42. The summed E-state index contributed by atoms with van der Waals surface area (Å²) in [5, 5.41) is 6.99. The molecule has 1 saturated heterocycles. The molecule has 3 heterocycles. The van der Waals surface area contributed by atoms with Gasteiger partial charge in [-0.1, -0.05) is 0 Å². The monoisotopic (exact) mass is 305 g/mol. The van der Waals surface area contributed by atoms with Crippen molar-refractivity contribution in [1.82, 2.24) is 24.9 Å². The molecule has 0 saturated carbocycles. The molecule has 0 unspecified atom stereocenters. The van der Waals surface area contributed by atoms with Gasteiger partial charge in [0.25, 0.3) is 0 Å². The van der Waals surface area contributed by atoms with Crippen molar-refractivity contribution in [2.45, 2.75) is 31.8 Å². The summed E-state index contributed by atoms with van der Waals surface area (Å²) in [6.45, 7) is 3.58. The number of hydrogen-bond acceptors (Lipinski definition) is 4. The third kappa shape index (κ3) is 3.14. The van der Waals surface area contributed by atoms with Crippen molar-refractivity contribution in [3.63, 3.8) is 0 Å². The number of nitrogens with zero attached hydrogens (tertiary/aromatic N) is 4. The van der Waals surface area contributed by atoms with E-state index in [-0.39, 0.29) is 17.9 Å². The van der Waals surface area contributed by atoms with Gasteiger partial charge in [0, 0.05) is 39.4 Å². The van der Waals surface area contributed by atoms with E-state index >= 15 is 0 Å². The first-order valence-corrected chi connectivity index (χ1v) is 7.90. The average molecular weight is 305 g/mol. The Balaban J connectivity index is 1.66. The molecule has 2 aliphatic rings. The van der Waals surface area contributed by atoms with Gasteiger partial charge in [-0.05, 0) is 18.9 Å². The van der Waals surface area contributed by atoms with Crippen LogP contribution in [0.15, 0.2) is 12.3 Å². The van der Waals surface area contributed by atoms with Crippen molar-refractivity contribution < 1.29 is 9.59 Å². The van der Waals surface area contributed by atoms with Crippen LogP contribution >= 0.6 is 0 Å². The maximum atomic E-state index is 12.3. The molecular weight excluding hydrogens is 282 g/mol. The van der Waals surface area contributed by atoms with E-state index in [9.17, 15) is 9.59 Å². The summed E-state index contributed by atoms with van der Waals surface area (Å²) < 4.78 is 1.92. The Morgan fingerprint density at radius 2 is 2.14 bits per heavy atom. The number of carbonyl (C=O) groups excluding carboxylic acids is 2. The van der Waals surface area contributed by atoms with Crippen molar-refractivity contribution in [3.05, 3.63) is 18.0 Å². The van der Waals surface area contributed by atoms with Gasteiger partial charge < -0.3 is 10.2 Å². The number of fused-ring (bicyclic) bond motifs is 1. The molecular formula is C15H23N5O2. The smallest absolute Gasteiger partial charge is 0.236 e. The summed E-state index contributed by atoms with van der Waals surface area (Å²) in [5.74, 6) is 0.198. The van der Waals surface area contributed by atoms with E-state index in [1.54, 1.807) is 13.2 Å². The molecule has 0 radical (unpaired) electrons. The fourth-order valence-electron chi connectivity index (χ4n) is 3.31. The molecule has 1 fully saturated rings. The van der Waals surface area contributed by atoms with E-state index in [1.165, 1.54) is 0 Å². The predicted molar refractivity (Wildman–Crippen MR) is 81.0 cm³/mol.